The number of phenols is 1. The quantitative estimate of drug-likeness (QED) is 0.288. The second-order valence-electron chi connectivity index (χ2n) is 9.68. The third kappa shape index (κ3) is 5.82. The van der Waals surface area contributed by atoms with Crippen LogP contribution in [-0.2, 0) is 9.59 Å². The number of amides is 2. The second kappa shape index (κ2) is 12.2. The molecule has 1 aromatic carbocycles. The van der Waals surface area contributed by atoms with Crippen LogP contribution in [0.15, 0.2) is 34.9 Å². The van der Waals surface area contributed by atoms with Crippen molar-refractivity contribution in [2.75, 3.05) is 13.2 Å². The molecule has 1 aliphatic heterocycles. The van der Waals surface area contributed by atoms with E-state index in [4.69, 9.17) is 11.6 Å². The van der Waals surface area contributed by atoms with Crippen LogP contribution in [0.4, 0.5) is 0 Å². The van der Waals surface area contributed by atoms with Gasteiger partial charge in [-0.25, -0.2) is 0 Å². The normalized spacial score (nSPS) is 23.8. The van der Waals surface area contributed by atoms with Gasteiger partial charge in [-0.3, -0.25) is 14.5 Å². The highest BCUT2D eigenvalue weighted by Crippen LogP contribution is 2.47. The maximum atomic E-state index is 13.2. The van der Waals surface area contributed by atoms with E-state index in [0.717, 1.165) is 41.5 Å². The fourth-order valence-electron chi connectivity index (χ4n) is 5.69. The van der Waals surface area contributed by atoms with E-state index in [-0.39, 0.29) is 24.2 Å². The lowest BCUT2D eigenvalue weighted by atomic mass is 9.67. The number of halogens is 1. The lowest BCUT2D eigenvalue weighted by Crippen LogP contribution is -2.39. The highest BCUT2D eigenvalue weighted by atomic mass is 35.5. The number of carbonyl (C=O) groups is 2. The first kappa shape index (κ1) is 27.4. The molecule has 1 heterocycles. The van der Waals surface area contributed by atoms with Crippen molar-refractivity contribution >= 4 is 29.5 Å². The van der Waals surface area contributed by atoms with Crippen LogP contribution in [0.3, 0.4) is 0 Å². The van der Waals surface area contributed by atoms with Crippen molar-refractivity contribution in [1.82, 2.24) is 4.90 Å². The van der Waals surface area contributed by atoms with Crippen LogP contribution in [0, 0.1) is 17.8 Å². The van der Waals surface area contributed by atoms with Crippen LogP contribution in [-0.4, -0.2) is 51.3 Å². The number of hydrogen-bond donors (Lipinski definition) is 3. The third-order valence-corrected chi connectivity index (χ3v) is 7.69. The van der Waals surface area contributed by atoms with E-state index in [0.29, 0.717) is 37.3 Å². The predicted molar refractivity (Wildman–Crippen MR) is 138 cm³/mol. The van der Waals surface area contributed by atoms with Crippen LogP contribution in [0.1, 0.15) is 71.3 Å². The van der Waals surface area contributed by atoms with Gasteiger partial charge >= 0.3 is 0 Å². The Morgan fingerprint density at radius 1 is 1.20 bits per heavy atom. The molecule has 1 aromatic rings. The number of hydrogen-bond acceptors (Lipinski definition) is 5. The Balaban J connectivity index is 1.85. The Bertz CT molecular complexity index is 1000. The van der Waals surface area contributed by atoms with E-state index in [2.05, 4.69) is 6.92 Å². The van der Waals surface area contributed by atoms with Crippen molar-refractivity contribution < 1.29 is 24.9 Å². The van der Waals surface area contributed by atoms with Crippen LogP contribution in [0.25, 0.3) is 6.08 Å². The van der Waals surface area contributed by atoms with Crippen molar-refractivity contribution in [3.05, 3.63) is 45.5 Å². The summed E-state index contributed by atoms with van der Waals surface area (Å²) in [7, 11) is 0. The average molecular weight is 504 g/mol. The molecular formula is C28H38ClNO5. The largest absolute Gasteiger partial charge is 0.508 e. The number of imide groups is 1. The summed E-state index contributed by atoms with van der Waals surface area (Å²) < 4.78 is 0. The number of benzene rings is 1. The number of aromatic hydroxyl groups is 1. The number of aliphatic hydroxyl groups excluding tert-OH is 2. The minimum atomic E-state index is -0.803. The molecular weight excluding hydrogens is 466 g/mol. The summed E-state index contributed by atoms with van der Waals surface area (Å²) in [5.41, 5.74) is 3.68. The van der Waals surface area contributed by atoms with E-state index in [1.807, 2.05) is 19.9 Å². The molecule has 0 radical (unpaired) electrons. The number of nitrogens with zero attached hydrogens (tertiary/aromatic N) is 1. The number of fused-ring (bicyclic) bond motifs is 1. The van der Waals surface area contributed by atoms with Gasteiger partial charge in [-0.05, 0) is 67.9 Å². The Morgan fingerprint density at radius 3 is 2.54 bits per heavy atom. The molecule has 3 rings (SSSR count). The van der Waals surface area contributed by atoms with E-state index in [9.17, 15) is 24.9 Å². The van der Waals surface area contributed by atoms with Gasteiger partial charge in [-0.15, -0.1) is 0 Å². The molecule has 0 saturated carbocycles. The number of aliphatic hydroxyl groups is 2. The van der Waals surface area contributed by atoms with Gasteiger partial charge in [-0.2, -0.15) is 0 Å². The smallest absolute Gasteiger partial charge is 0.233 e. The molecule has 4 atom stereocenters. The van der Waals surface area contributed by atoms with Crippen LogP contribution < -0.4 is 0 Å². The summed E-state index contributed by atoms with van der Waals surface area (Å²) in [6.45, 7) is 6.17. The van der Waals surface area contributed by atoms with E-state index < -0.39 is 23.9 Å². The summed E-state index contributed by atoms with van der Waals surface area (Å²) in [6.07, 6.45) is 5.81. The van der Waals surface area contributed by atoms with Gasteiger partial charge in [0.25, 0.3) is 0 Å². The summed E-state index contributed by atoms with van der Waals surface area (Å²) in [6, 6.07) is 4.86. The van der Waals surface area contributed by atoms with Crippen molar-refractivity contribution in [3.63, 3.8) is 0 Å². The van der Waals surface area contributed by atoms with Gasteiger partial charge in [0.2, 0.25) is 11.8 Å². The molecule has 1 fully saturated rings. The first-order chi connectivity index (χ1) is 16.8. The molecule has 3 N–H and O–H groups in total. The van der Waals surface area contributed by atoms with E-state index >= 15 is 0 Å². The molecule has 1 aliphatic carbocycles. The Labute approximate surface area is 213 Å². The molecule has 0 spiro atoms. The second-order valence-corrected chi connectivity index (χ2v) is 10.1. The number of likely N-dealkylation sites (tertiary alicyclic amines) is 1. The minimum absolute atomic E-state index is 0.110. The summed E-state index contributed by atoms with van der Waals surface area (Å²) in [5.74, 6) is -1.81. The third-order valence-electron chi connectivity index (χ3n) is 7.37. The summed E-state index contributed by atoms with van der Waals surface area (Å²) in [4.78, 5) is 27.5. The average Bonchev–Trinajstić information content (AvgIpc) is 3.07. The SMILES string of the molecule is CCCC1=C([C@H](O)CC/C(=C/c2ccc(O)cc2Cl)CC)[C@H](CO)[C@@H]2C(=O)N(CCC)C(=O)[C@@H]2C1. The van der Waals surface area contributed by atoms with Gasteiger partial charge in [-0.1, -0.05) is 56.0 Å². The van der Waals surface area contributed by atoms with Gasteiger partial charge < -0.3 is 15.3 Å². The Morgan fingerprint density at radius 2 is 1.94 bits per heavy atom. The van der Waals surface area contributed by atoms with Crippen molar-refractivity contribution in [2.45, 2.75) is 71.8 Å². The monoisotopic (exact) mass is 503 g/mol. The zero-order valence-electron chi connectivity index (χ0n) is 21.0. The molecule has 2 amide bonds. The number of carbonyl (C=O) groups excluding carboxylic acids is 2. The fraction of sp³-hybridized carbons (Fsp3) is 0.571. The highest BCUT2D eigenvalue weighted by molar-refractivity contribution is 6.32. The number of phenolic OH excluding ortho intramolecular Hbond substituents is 1. The lowest BCUT2D eigenvalue weighted by Gasteiger charge is -2.36. The first-order valence-corrected chi connectivity index (χ1v) is 13.2. The summed E-state index contributed by atoms with van der Waals surface area (Å²) in [5, 5.41) is 31.8. The Kier molecular flexibility index (Phi) is 9.56. The molecule has 0 bridgehead atoms. The molecule has 1 saturated heterocycles. The maximum Gasteiger partial charge on any atom is 0.233 e. The Hall–Kier alpha value is -2.15. The lowest BCUT2D eigenvalue weighted by molar-refractivity contribution is -0.140. The molecule has 192 valence electrons. The van der Waals surface area contributed by atoms with Crippen molar-refractivity contribution in [1.29, 1.82) is 0 Å². The molecule has 0 unspecified atom stereocenters. The van der Waals surface area contributed by atoms with Crippen molar-refractivity contribution in [3.8, 4) is 5.75 Å². The highest BCUT2D eigenvalue weighted by Gasteiger charge is 2.54. The summed E-state index contributed by atoms with van der Waals surface area (Å²) >= 11 is 6.27. The van der Waals surface area contributed by atoms with E-state index in [1.165, 1.54) is 11.0 Å². The predicted octanol–water partition coefficient (Wildman–Crippen LogP) is 5.10. The fourth-order valence-corrected chi connectivity index (χ4v) is 5.92. The molecule has 35 heavy (non-hydrogen) atoms. The minimum Gasteiger partial charge on any atom is -0.508 e. The molecule has 0 aromatic heterocycles. The van der Waals surface area contributed by atoms with Crippen LogP contribution in [0.5, 0.6) is 5.75 Å². The van der Waals surface area contributed by atoms with Crippen LogP contribution in [0.2, 0.25) is 5.02 Å². The topological polar surface area (TPSA) is 98.1 Å². The van der Waals surface area contributed by atoms with E-state index in [1.54, 1.807) is 12.1 Å². The maximum absolute atomic E-state index is 13.2. The number of rotatable bonds is 11. The zero-order valence-corrected chi connectivity index (χ0v) is 21.7. The standard InChI is InChI=1S/C28H38ClNO5/c1-4-7-19-14-21-26(28(35)30(12-5-2)27(21)34)22(16-31)25(19)24(33)11-8-17(6-3)13-18-9-10-20(32)15-23(18)29/h9-10,13,15,21-22,24,26,31-33H,4-8,11-12,14,16H2,1-3H3/b17-13+/t21-,22+,24-,26-/m1/s1. The number of allylic oxidation sites excluding steroid dienone is 2. The molecule has 7 heteroatoms. The van der Waals surface area contributed by atoms with Gasteiger partial charge in [0.1, 0.15) is 5.75 Å². The van der Waals surface area contributed by atoms with Gasteiger partial charge in [0.05, 0.1) is 29.6 Å². The van der Waals surface area contributed by atoms with Crippen molar-refractivity contribution in [2.24, 2.45) is 17.8 Å². The van der Waals surface area contributed by atoms with Crippen LogP contribution >= 0.6 is 11.6 Å². The zero-order chi connectivity index (χ0) is 25.7. The molecule has 2 aliphatic rings. The first-order valence-electron chi connectivity index (χ1n) is 12.8. The van der Waals surface area contributed by atoms with Gasteiger partial charge in [0.15, 0.2) is 0 Å². The molecule has 6 nitrogen and oxygen atoms in total. The van der Waals surface area contributed by atoms with Gasteiger partial charge in [0, 0.05) is 12.5 Å².